The molecule has 2 nitrogen and oxygen atoms in total. The third kappa shape index (κ3) is 2.53. The molecule has 1 aliphatic heterocycles. The van der Waals surface area contributed by atoms with Crippen LogP contribution in [-0.4, -0.2) is 24.4 Å². The molecule has 9 atom stereocenters. The van der Waals surface area contributed by atoms with Gasteiger partial charge in [0.25, 0.3) is 0 Å². The third-order valence-corrected chi connectivity index (χ3v) is 13.8. The van der Waals surface area contributed by atoms with Gasteiger partial charge >= 0.3 is 5.92 Å². The quantitative estimate of drug-likeness (QED) is 0.358. The van der Waals surface area contributed by atoms with Crippen molar-refractivity contribution in [3.05, 3.63) is 0 Å². The van der Waals surface area contributed by atoms with E-state index in [1.165, 1.54) is 25.7 Å². The monoisotopic (exact) mass is 476 g/mol. The Kier molecular flexibility index (Phi) is 4.55. The fourth-order valence-electron chi connectivity index (χ4n) is 12.0. The second-order valence-electron chi connectivity index (χ2n) is 15.7. The summed E-state index contributed by atoms with van der Waals surface area (Å²) in [4.78, 5) is 12.8. The van der Waals surface area contributed by atoms with Crippen LogP contribution >= 0.6 is 0 Å². The van der Waals surface area contributed by atoms with Gasteiger partial charge in [-0.2, -0.15) is 8.78 Å². The lowest BCUT2D eigenvalue weighted by Crippen LogP contribution is -2.69. The average molecular weight is 477 g/mol. The number of carbonyl (C=O) groups is 1. The van der Waals surface area contributed by atoms with Crippen molar-refractivity contribution in [3.63, 3.8) is 0 Å². The zero-order valence-electron chi connectivity index (χ0n) is 22.5. The van der Waals surface area contributed by atoms with Crippen LogP contribution in [0.25, 0.3) is 0 Å². The number of hydrogen-bond donors (Lipinski definition) is 0. The van der Waals surface area contributed by atoms with Crippen molar-refractivity contribution < 1.29 is 18.3 Å². The Balaban J connectivity index is 1.42. The van der Waals surface area contributed by atoms with Gasteiger partial charge in [0.05, 0.1) is 12.7 Å². The molecule has 5 saturated carbocycles. The van der Waals surface area contributed by atoms with E-state index in [0.717, 1.165) is 32.3 Å². The third-order valence-electron chi connectivity index (χ3n) is 13.8. The fourth-order valence-corrected chi connectivity index (χ4v) is 12.0. The van der Waals surface area contributed by atoms with E-state index in [9.17, 15) is 4.79 Å². The molecule has 0 radical (unpaired) electrons. The molecule has 4 heteroatoms. The number of rotatable bonds is 0. The highest BCUT2D eigenvalue weighted by Crippen LogP contribution is 2.78. The topological polar surface area (TPSA) is 26.3 Å². The molecule has 6 aliphatic rings. The van der Waals surface area contributed by atoms with Gasteiger partial charge in [0.1, 0.15) is 0 Å². The minimum atomic E-state index is -3.21. The number of hydrogen-bond acceptors (Lipinski definition) is 2. The average Bonchev–Trinajstić information content (AvgIpc) is 3.06. The number of Topliss-reactive ketones (excluding diaryl/α,β-unsaturated/α-hetero) is 1. The highest BCUT2D eigenvalue weighted by Gasteiger charge is 2.74. The largest absolute Gasteiger partial charge is 0.377 e. The number of carbonyl (C=O) groups excluding carboxylic acids is 1. The van der Waals surface area contributed by atoms with Crippen molar-refractivity contribution in [1.82, 2.24) is 0 Å². The summed E-state index contributed by atoms with van der Waals surface area (Å²) in [5.74, 6) is -2.49. The van der Waals surface area contributed by atoms with E-state index in [4.69, 9.17) is 4.74 Å². The Bertz CT molecular complexity index is 925. The van der Waals surface area contributed by atoms with Crippen LogP contribution in [0, 0.1) is 56.2 Å². The van der Waals surface area contributed by atoms with Crippen LogP contribution in [0.15, 0.2) is 0 Å². The van der Waals surface area contributed by atoms with Gasteiger partial charge in [0.15, 0.2) is 0 Å². The number of ketones is 1. The molecule has 0 aromatic rings. The predicted octanol–water partition coefficient (Wildman–Crippen LogP) is 7.69. The first-order valence-electron chi connectivity index (χ1n) is 14.1. The summed E-state index contributed by atoms with van der Waals surface area (Å²) in [6.07, 6.45) is 9.23. The van der Waals surface area contributed by atoms with Crippen molar-refractivity contribution in [1.29, 1.82) is 0 Å². The molecule has 0 amide bonds. The Hall–Kier alpha value is -0.510. The molecule has 1 heterocycles. The SMILES string of the molecule is CC1(C)CC[C@]23CC[C@]4(C)[C@H](CC[C@@H]5[C@@]6(C)CC(F)(F)C(=O)C(C)(C)[C@@H]6CC[C@]54C)[C@H]2[C@H]1OC3. The van der Waals surface area contributed by atoms with Crippen LogP contribution in [-0.2, 0) is 9.53 Å². The first-order valence-corrected chi connectivity index (χ1v) is 14.1. The normalized spacial score (nSPS) is 56.6. The molecular weight excluding hydrogens is 430 g/mol. The summed E-state index contributed by atoms with van der Waals surface area (Å²) in [5.41, 5.74) is -0.680. The van der Waals surface area contributed by atoms with Crippen LogP contribution in [0.4, 0.5) is 8.78 Å². The number of ether oxygens (including phenoxy) is 1. The number of fused-ring (bicyclic) bond motifs is 5. The van der Waals surface area contributed by atoms with Gasteiger partial charge in [-0.1, -0.05) is 48.5 Å². The number of halogens is 2. The van der Waals surface area contributed by atoms with Crippen LogP contribution in [0.1, 0.15) is 106 Å². The number of alkyl halides is 2. The summed E-state index contributed by atoms with van der Waals surface area (Å²) in [5, 5.41) is 0. The minimum Gasteiger partial charge on any atom is -0.377 e. The van der Waals surface area contributed by atoms with Crippen molar-refractivity contribution in [2.45, 2.75) is 118 Å². The molecule has 5 aliphatic carbocycles. The lowest BCUT2D eigenvalue weighted by Gasteiger charge is -2.73. The summed E-state index contributed by atoms with van der Waals surface area (Å²) in [6, 6.07) is 0. The van der Waals surface area contributed by atoms with Gasteiger partial charge in [-0.15, -0.1) is 0 Å². The fraction of sp³-hybridized carbons (Fsp3) is 0.967. The lowest BCUT2D eigenvalue weighted by atomic mass is 9.31. The maximum Gasteiger partial charge on any atom is 0.306 e. The van der Waals surface area contributed by atoms with E-state index in [1.54, 1.807) is 0 Å². The molecule has 6 rings (SSSR count). The molecule has 6 fully saturated rings. The molecule has 0 unspecified atom stereocenters. The van der Waals surface area contributed by atoms with Crippen molar-refractivity contribution in [2.24, 2.45) is 56.2 Å². The van der Waals surface area contributed by atoms with Gasteiger partial charge in [0, 0.05) is 11.8 Å². The predicted molar refractivity (Wildman–Crippen MR) is 130 cm³/mol. The van der Waals surface area contributed by atoms with Crippen LogP contribution in [0.2, 0.25) is 0 Å². The van der Waals surface area contributed by atoms with E-state index in [-0.39, 0.29) is 34.5 Å². The summed E-state index contributed by atoms with van der Waals surface area (Å²) < 4.78 is 37.2. The Morgan fingerprint density at radius 2 is 1.47 bits per heavy atom. The molecule has 192 valence electrons. The highest BCUT2D eigenvalue weighted by molar-refractivity contribution is 5.92. The smallest absolute Gasteiger partial charge is 0.306 e. The molecule has 1 saturated heterocycles. The van der Waals surface area contributed by atoms with Gasteiger partial charge in [-0.05, 0) is 102 Å². The Morgan fingerprint density at radius 1 is 0.794 bits per heavy atom. The van der Waals surface area contributed by atoms with E-state index >= 15 is 8.78 Å². The second kappa shape index (κ2) is 6.48. The minimum absolute atomic E-state index is 0.0380. The molecule has 0 N–H and O–H groups in total. The van der Waals surface area contributed by atoms with E-state index in [1.807, 2.05) is 13.8 Å². The summed E-state index contributed by atoms with van der Waals surface area (Å²) >= 11 is 0. The summed E-state index contributed by atoms with van der Waals surface area (Å²) in [7, 11) is 0. The van der Waals surface area contributed by atoms with Crippen molar-refractivity contribution in [3.8, 4) is 0 Å². The molecular formula is C30H46F2O2. The van der Waals surface area contributed by atoms with Gasteiger partial charge in [-0.25, -0.2) is 0 Å². The Labute approximate surface area is 205 Å². The second-order valence-corrected chi connectivity index (χ2v) is 15.7. The lowest BCUT2D eigenvalue weighted by molar-refractivity contribution is -0.257. The highest BCUT2D eigenvalue weighted by atomic mass is 19.3. The van der Waals surface area contributed by atoms with Crippen LogP contribution < -0.4 is 0 Å². The maximum absolute atomic E-state index is 15.3. The van der Waals surface area contributed by atoms with E-state index in [2.05, 4.69) is 34.6 Å². The first kappa shape index (κ1) is 23.9. The Morgan fingerprint density at radius 3 is 2.18 bits per heavy atom. The van der Waals surface area contributed by atoms with Crippen LogP contribution in [0.5, 0.6) is 0 Å². The molecule has 0 aromatic carbocycles. The zero-order valence-corrected chi connectivity index (χ0v) is 22.5. The molecule has 34 heavy (non-hydrogen) atoms. The molecule has 0 spiro atoms. The van der Waals surface area contributed by atoms with Crippen LogP contribution in [0.3, 0.4) is 0 Å². The summed E-state index contributed by atoms with van der Waals surface area (Å²) in [6.45, 7) is 16.5. The molecule has 2 bridgehead atoms. The van der Waals surface area contributed by atoms with E-state index < -0.39 is 22.5 Å². The van der Waals surface area contributed by atoms with Gasteiger partial charge in [-0.3, -0.25) is 4.79 Å². The first-order chi connectivity index (χ1) is 15.6. The van der Waals surface area contributed by atoms with Crippen molar-refractivity contribution in [2.75, 3.05) is 6.61 Å². The van der Waals surface area contributed by atoms with Gasteiger partial charge in [0.2, 0.25) is 5.78 Å². The van der Waals surface area contributed by atoms with E-state index in [0.29, 0.717) is 23.4 Å². The standard InChI is InChI=1S/C30H46F2O2/c1-24(2)12-14-29-15-13-27(6)18(21(29)22(24)34-17-29)8-9-20-26(5)16-30(31,32)23(33)25(3,4)19(26)10-11-28(20,27)7/h18-22H,8-17H2,1-7H3/t18-,19+,20-,21+,22-,26+,27-,28-,29-/m1/s1. The zero-order chi connectivity index (χ0) is 24.7. The van der Waals surface area contributed by atoms with Gasteiger partial charge < -0.3 is 4.74 Å². The molecule has 0 aromatic heterocycles. The van der Waals surface area contributed by atoms with Crippen molar-refractivity contribution >= 4 is 5.78 Å². The maximum atomic E-state index is 15.3.